The number of benzene rings is 2. The first-order chi connectivity index (χ1) is 11.9. The Hall–Kier alpha value is -2.37. The predicted octanol–water partition coefficient (Wildman–Crippen LogP) is 3.60. The number of hydrogen-bond acceptors (Lipinski definition) is 3. The smallest absolute Gasteiger partial charge is 0.241 e. The average Bonchev–Trinajstić information content (AvgIpc) is 2.56. The van der Waals surface area contributed by atoms with Crippen molar-refractivity contribution in [2.75, 3.05) is 10.6 Å². The van der Waals surface area contributed by atoms with E-state index in [4.69, 9.17) is 5.73 Å². The van der Waals surface area contributed by atoms with Gasteiger partial charge >= 0.3 is 0 Å². The van der Waals surface area contributed by atoms with Gasteiger partial charge in [-0.15, -0.1) is 12.4 Å². The minimum absolute atomic E-state index is 0. The monoisotopic (exact) mass is 375 g/mol. The van der Waals surface area contributed by atoms with Crippen molar-refractivity contribution in [3.63, 3.8) is 0 Å². The number of hydrogen-bond donors (Lipinski definition) is 3. The van der Waals surface area contributed by atoms with Crippen LogP contribution in [0.2, 0.25) is 0 Å². The highest BCUT2D eigenvalue weighted by Gasteiger charge is 2.14. The maximum absolute atomic E-state index is 12.2. The summed E-state index contributed by atoms with van der Waals surface area (Å²) >= 11 is 0. The molecule has 4 N–H and O–H groups in total. The molecular weight excluding hydrogens is 350 g/mol. The highest BCUT2D eigenvalue weighted by atomic mass is 35.5. The number of nitrogens with two attached hydrogens (primary N) is 1. The van der Waals surface area contributed by atoms with E-state index in [-0.39, 0.29) is 24.2 Å². The van der Waals surface area contributed by atoms with Gasteiger partial charge in [-0.05, 0) is 42.2 Å². The van der Waals surface area contributed by atoms with Gasteiger partial charge in [0.25, 0.3) is 0 Å². The van der Waals surface area contributed by atoms with Crippen LogP contribution in [-0.4, -0.2) is 17.9 Å². The van der Waals surface area contributed by atoms with E-state index >= 15 is 0 Å². The van der Waals surface area contributed by atoms with Gasteiger partial charge in [0.2, 0.25) is 11.8 Å². The fourth-order valence-electron chi connectivity index (χ4n) is 2.42. The van der Waals surface area contributed by atoms with Gasteiger partial charge < -0.3 is 16.4 Å². The Morgan fingerprint density at radius 2 is 1.46 bits per heavy atom. The van der Waals surface area contributed by atoms with Crippen LogP contribution in [0, 0.1) is 5.92 Å². The molecule has 0 aliphatic carbocycles. The third kappa shape index (κ3) is 7.25. The van der Waals surface area contributed by atoms with Crippen molar-refractivity contribution in [2.45, 2.75) is 32.7 Å². The van der Waals surface area contributed by atoms with Gasteiger partial charge in [-0.1, -0.05) is 44.2 Å². The zero-order valence-electron chi connectivity index (χ0n) is 15.1. The molecule has 0 spiro atoms. The summed E-state index contributed by atoms with van der Waals surface area (Å²) < 4.78 is 0. The molecule has 5 nitrogen and oxygen atoms in total. The molecule has 6 heteroatoms. The molecule has 0 bridgehead atoms. The van der Waals surface area contributed by atoms with E-state index in [2.05, 4.69) is 10.6 Å². The largest absolute Gasteiger partial charge is 0.326 e. The number of nitrogens with one attached hydrogen (secondary N) is 2. The van der Waals surface area contributed by atoms with Crippen LogP contribution < -0.4 is 16.4 Å². The summed E-state index contributed by atoms with van der Waals surface area (Å²) in [5.74, 6) is 0.0572. The number of amides is 2. The first kappa shape index (κ1) is 21.7. The van der Waals surface area contributed by atoms with Gasteiger partial charge in [-0.2, -0.15) is 0 Å². The van der Waals surface area contributed by atoms with E-state index in [0.717, 1.165) is 5.56 Å². The second kappa shape index (κ2) is 10.6. The number of carbonyl (C=O) groups is 2. The van der Waals surface area contributed by atoms with Gasteiger partial charge in [-0.25, -0.2) is 0 Å². The van der Waals surface area contributed by atoms with E-state index < -0.39 is 6.04 Å². The summed E-state index contributed by atoms with van der Waals surface area (Å²) in [5, 5.41) is 5.63. The van der Waals surface area contributed by atoms with E-state index in [1.807, 2.05) is 44.2 Å². The first-order valence-corrected chi connectivity index (χ1v) is 8.44. The van der Waals surface area contributed by atoms with Gasteiger partial charge in [0, 0.05) is 17.8 Å². The lowest BCUT2D eigenvalue weighted by Crippen LogP contribution is -2.37. The third-order valence-corrected chi connectivity index (χ3v) is 3.67. The number of rotatable bonds is 7. The molecule has 26 heavy (non-hydrogen) atoms. The third-order valence-electron chi connectivity index (χ3n) is 3.67. The highest BCUT2D eigenvalue weighted by molar-refractivity contribution is 5.95. The van der Waals surface area contributed by atoms with Crippen molar-refractivity contribution in [1.82, 2.24) is 0 Å². The lowest BCUT2D eigenvalue weighted by Gasteiger charge is -2.13. The van der Waals surface area contributed by atoms with Crippen molar-refractivity contribution in [1.29, 1.82) is 0 Å². The Morgan fingerprint density at radius 1 is 0.923 bits per heavy atom. The summed E-state index contributed by atoms with van der Waals surface area (Å²) in [6, 6.07) is 16.1. The highest BCUT2D eigenvalue weighted by Crippen LogP contribution is 2.15. The van der Waals surface area contributed by atoms with Gasteiger partial charge in [-0.3, -0.25) is 9.59 Å². The average molecular weight is 376 g/mol. The molecule has 2 rings (SSSR count). The fourth-order valence-corrected chi connectivity index (χ4v) is 2.42. The van der Waals surface area contributed by atoms with Gasteiger partial charge in [0.1, 0.15) is 0 Å². The molecule has 2 aromatic carbocycles. The standard InChI is InChI=1S/C20H25N3O2.ClH/c1-14(2)12-19(24)22-16-8-10-17(11-9-16)23-20(25)18(21)13-15-6-4-3-5-7-15;/h3-11,14,18H,12-13,21H2,1-2H3,(H,22,24)(H,23,25);1H. The molecule has 0 saturated carbocycles. The molecule has 0 aliphatic heterocycles. The van der Waals surface area contributed by atoms with E-state index in [1.54, 1.807) is 24.3 Å². The molecule has 140 valence electrons. The van der Waals surface area contributed by atoms with E-state index in [9.17, 15) is 9.59 Å². The van der Waals surface area contributed by atoms with Crippen LogP contribution in [-0.2, 0) is 16.0 Å². The first-order valence-electron chi connectivity index (χ1n) is 8.44. The van der Waals surface area contributed by atoms with Crippen LogP contribution in [0.5, 0.6) is 0 Å². The molecule has 2 amide bonds. The molecule has 0 radical (unpaired) electrons. The van der Waals surface area contributed by atoms with Crippen molar-refractivity contribution in [3.05, 3.63) is 60.2 Å². The van der Waals surface area contributed by atoms with Crippen molar-refractivity contribution >= 4 is 35.6 Å². The van der Waals surface area contributed by atoms with E-state index in [1.165, 1.54) is 0 Å². The number of anilines is 2. The second-order valence-electron chi connectivity index (χ2n) is 6.51. The van der Waals surface area contributed by atoms with Crippen LogP contribution in [0.15, 0.2) is 54.6 Å². The van der Waals surface area contributed by atoms with Gasteiger partial charge in [0.15, 0.2) is 0 Å². The molecule has 0 saturated heterocycles. The zero-order chi connectivity index (χ0) is 18.2. The SMILES string of the molecule is CC(C)CC(=O)Nc1ccc(NC(=O)C(N)Cc2ccccc2)cc1.Cl. The lowest BCUT2D eigenvalue weighted by molar-refractivity contribution is -0.118. The van der Waals surface area contributed by atoms with Crippen molar-refractivity contribution in [3.8, 4) is 0 Å². The molecule has 0 aliphatic rings. The van der Waals surface area contributed by atoms with Crippen molar-refractivity contribution in [2.24, 2.45) is 11.7 Å². The maximum Gasteiger partial charge on any atom is 0.241 e. The topological polar surface area (TPSA) is 84.2 Å². The molecule has 0 fully saturated rings. The number of carbonyl (C=O) groups excluding carboxylic acids is 2. The Morgan fingerprint density at radius 3 is 2.00 bits per heavy atom. The van der Waals surface area contributed by atoms with Crippen LogP contribution >= 0.6 is 12.4 Å². The molecule has 0 heterocycles. The summed E-state index contributed by atoms with van der Waals surface area (Å²) in [7, 11) is 0. The minimum atomic E-state index is -0.618. The summed E-state index contributed by atoms with van der Waals surface area (Å²) in [6.45, 7) is 3.99. The normalized spacial score (nSPS) is 11.4. The predicted molar refractivity (Wildman–Crippen MR) is 109 cm³/mol. The zero-order valence-corrected chi connectivity index (χ0v) is 15.9. The molecule has 1 unspecified atom stereocenters. The summed E-state index contributed by atoms with van der Waals surface area (Å²) in [4.78, 5) is 23.9. The van der Waals surface area contributed by atoms with Crippen LogP contribution in [0.25, 0.3) is 0 Å². The number of halogens is 1. The molecule has 2 aromatic rings. The Bertz CT molecular complexity index is 703. The van der Waals surface area contributed by atoms with Crippen molar-refractivity contribution < 1.29 is 9.59 Å². The van der Waals surface area contributed by atoms with Crippen LogP contribution in [0.4, 0.5) is 11.4 Å². The Balaban J connectivity index is 0.00000338. The summed E-state index contributed by atoms with van der Waals surface area (Å²) in [6.07, 6.45) is 0.961. The summed E-state index contributed by atoms with van der Waals surface area (Å²) in [5.41, 5.74) is 8.35. The fraction of sp³-hybridized carbons (Fsp3) is 0.300. The minimum Gasteiger partial charge on any atom is -0.326 e. The molecular formula is C20H26ClN3O2. The molecule has 0 aromatic heterocycles. The second-order valence-corrected chi connectivity index (χ2v) is 6.51. The van der Waals surface area contributed by atoms with Crippen LogP contribution in [0.3, 0.4) is 0 Å². The maximum atomic E-state index is 12.2. The Kier molecular flexibility index (Phi) is 8.82. The van der Waals surface area contributed by atoms with Crippen LogP contribution in [0.1, 0.15) is 25.8 Å². The van der Waals surface area contributed by atoms with E-state index in [0.29, 0.717) is 30.1 Å². The lowest BCUT2D eigenvalue weighted by atomic mass is 10.1. The molecule has 1 atom stereocenters. The quantitative estimate of drug-likeness (QED) is 0.691. The Labute approximate surface area is 160 Å². The van der Waals surface area contributed by atoms with Gasteiger partial charge in [0.05, 0.1) is 6.04 Å².